The third-order valence-corrected chi connectivity index (χ3v) is 4.06. The van der Waals surface area contributed by atoms with Gasteiger partial charge in [0, 0.05) is 5.56 Å². The maximum atomic E-state index is 11.3. The maximum absolute atomic E-state index is 11.3. The molecular weight excluding hydrogens is 247 g/mol. The molecule has 0 unspecified atom stereocenters. The summed E-state index contributed by atoms with van der Waals surface area (Å²) in [5.74, 6) is 0.00893. The molecule has 0 atom stereocenters. The Balaban J connectivity index is 2.58. The van der Waals surface area contributed by atoms with Crippen molar-refractivity contribution in [1.82, 2.24) is 9.97 Å². The van der Waals surface area contributed by atoms with Crippen LogP contribution in [0.3, 0.4) is 0 Å². The number of nitrogens with zero attached hydrogens (tertiary/aromatic N) is 2. The Morgan fingerprint density at radius 2 is 1.93 bits per heavy atom. The number of aromatic nitrogens is 2. The van der Waals surface area contributed by atoms with Gasteiger partial charge in [-0.25, -0.2) is 18.4 Å². The number of hydrogen-bond acceptors (Lipinski definition) is 4. The van der Waals surface area contributed by atoms with Crippen LogP contribution in [0.15, 0.2) is 0 Å². The second-order valence-electron chi connectivity index (χ2n) is 3.05. The van der Waals surface area contributed by atoms with Crippen LogP contribution < -0.4 is 0 Å². The van der Waals surface area contributed by atoms with E-state index in [0.717, 1.165) is 0 Å². The van der Waals surface area contributed by atoms with E-state index in [1.54, 1.807) is 0 Å². The van der Waals surface area contributed by atoms with E-state index in [1.807, 2.05) is 0 Å². The normalized spacial score (nSPS) is 19.0. The molecule has 0 bridgehead atoms. The van der Waals surface area contributed by atoms with E-state index in [-0.39, 0.29) is 21.9 Å². The zero-order valence-electron chi connectivity index (χ0n) is 7.00. The van der Waals surface area contributed by atoms with Crippen molar-refractivity contribution in [3.05, 3.63) is 21.7 Å². The monoisotopic (exact) mass is 252 g/mol. The van der Waals surface area contributed by atoms with Crippen LogP contribution in [0.5, 0.6) is 0 Å². The van der Waals surface area contributed by atoms with Crippen LogP contribution in [-0.4, -0.2) is 24.1 Å². The van der Waals surface area contributed by atoms with Gasteiger partial charge in [0.2, 0.25) is 5.28 Å². The van der Waals surface area contributed by atoms with Crippen molar-refractivity contribution in [1.29, 1.82) is 0 Å². The standard InChI is InChI=1S/C7H6Cl2N2O2S/c8-6-4-1-2-14(12,13)3-5(4)10-7(9)11-6/h1-3H2. The van der Waals surface area contributed by atoms with Gasteiger partial charge in [0.25, 0.3) is 0 Å². The predicted octanol–water partition coefficient (Wildman–Crippen LogP) is 1.25. The second-order valence-corrected chi connectivity index (χ2v) is 5.93. The topological polar surface area (TPSA) is 59.9 Å². The molecule has 1 aromatic heterocycles. The average Bonchev–Trinajstić information content (AvgIpc) is 2.00. The zero-order chi connectivity index (χ0) is 10.3. The van der Waals surface area contributed by atoms with Gasteiger partial charge in [-0.15, -0.1) is 0 Å². The molecule has 0 saturated carbocycles. The highest BCUT2D eigenvalue weighted by Gasteiger charge is 2.25. The summed E-state index contributed by atoms with van der Waals surface area (Å²) in [4.78, 5) is 7.62. The van der Waals surface area contributed by atoms with E-state index < -0.39 is 9.84 Å². The molecule has 0 saturated heterocycles. The minimum atomic E-state index is -3.04. The van der Waals surface area contributed by atoms with Crippen molar-refractivity contribution in [3.63, 3.8) is 0 Å². The molecule has 0 aromatic carbocycles. The Bertz CT molecular complexity index is 487. The zero-order valence-corrected chi connectivity index (χ0v) is 9.32. The van der Waals surface area contributed by atoms with Crippen LogP contribution >= 0.6 is 23.2 Å². The Morgan fingerprint density at radius 3 is 2.64 bits per heavy atom. The summed E-state index contributed by atoms with van der Waals surface area (Å²) in [5, 5.41) is 0.251. The van der Waals surface area contributed by atoms with Crippen LogP contribution in [0.4, 0.5) is 0 Å². The minimum Gasteiger partial charge on any atom is -0.228 e. The molecule has 0 N–H and O–H groups in total. The molecule has 0 amide bonds. The third-order valence-electron chi connectivity index (χ3n) is 2.03. The summed E-state index contributed by atoms with van der Waals surface area (Å²) in [6.45, 7) is 0. The molecule has 1 aliphatic heterocycles. The molecular formula is C7H6Cl2N2O2S. The van der Waals surface area contributed by atoms with Crippen molar-refractivity contribution in [2.45, 2.75) is 12.2 Å². The molecule has 1 aliphatic rings. The molecule has 7 heteroatoms. The summed E-state index contributed by atoms with van der Waals surface area (Å²) >= 11 is 11.4. The first-order chi connectivity index (χ1) is 6.48. The lowest BCUT2D eigenvalue weighted by molar-refractivity contribution is 0.590. The lowest BCUT2D eigenvalue weighted by Gasteiger charge is -2.15. The minimum absolute atomic E-state index is 0.00847. The van der Waals surface area contributed by atoms with Crippen LogP contribution in [-0.2, 0) is 22.0 Å². The number of fused-ring (bicyclic) bond motifs is 1. The number of sulfone groups is 1. The van der Waals surface area contributed by atoms with Gasteiger partial charge >= 0.3 is 0 Å². The highest BCUT2D eigenvalue weighted by molar-refractivity contribution is 7.90. The fourth-order valence-electron chi connectivity index (χ4n) is 1.38. The largest absolute Gasteiger partial charge is 0.228 e. The molecule has 0 fully saturated rings. The predicted molar refractivity (Wildman–Crippen MR) is 53.2 cm³/mol. The Morgan fingerprint density at radius 1 is 1.21 bits per heavy atom. The van der Waals surface area contributed by atoms with Gasteiger partial charge < -0.3 is 0 Å². The van der Waals surface area contributed by atoms with Gasteiger partial charge in [0.15, 0.2) is 9.84 Å². The molecule has 0 spiro atoms. The molecule has 4 nitrogen and oxygen atoms in total. The highest BCUT2D eigenvalue weighted by atomic mass is 35.5. The van der Waals surface area contributed by atoms with Crippen molar-refractivity contribution in [2.75, 3.05) is 5.75 Å². The van der Waals surface area contributed by atoms with Crippen LogP contribution in [0.25, 0.3) is 0 Å². The quantitative estimate of drug-likeness (QED) is 0.515. The first-order valence-electron chi connectivity index (χ1n) is 3.89. The van der Waals surface area contributed by atoms with Crippen molar-refractivity contribution < 1.29 is 8.42 Å². The smallest absolute Gasteiger partial charge is 0.224 e. The van der Waals surface area contributed by atoms with Crippen molar-refractivity contribution in [2.24, 2.45) is 0 Å². The molecule has 0 aliphatic carbocycles. The van der Waals surface area contributed by atoms with Gasteiger partial charge in [-0.3, -0.25) is 0 Å². The molecule has 76 valence electrons. The first-order valence-corrected chi connectivity index (χ1v) is 6.47. The van der Waals surface area contributed by atoms with E-state index in [9.17, 15) is 8.42 Å². The lowest BCUT2D eigenvalue weighted by Crippen LogP contribution is -2.21. The molecule has 14 heavy (non-hydrogen) atoms. The van der Waals surface area contributed by atoms with E-state index in [4.69, 9.17) is 23.2 Å². The average molecular weight is 253 g/mol. The van der Waals surface area contributed by atoms with Gasteiger partial charge in [-0.1, -0.05) is 11.6 Å². The fourth-order valence-corrected chi connectivity index (χ4v) is 3.20. The van der Waals surface area contributed by atoms with Gasteiger partial charge in [-0.2, -0.15) is 0 Å². The summed E-state index contributed by atoms with van der Waals surface area (Å²) in [6.07, 6.45) is 0.369. The number of rotatable bonds is 0. The van der Waals surface area contributed by atoms with Crippen LogP contribution in [0, 0.1) is 0 Å². The summed E-state index contributed by atoms with van der Waals surface area (Å²) < 4.78 is 22.6. The molecule has 2 rings (SSSR count). The molecule has 0 radical (unpaired) electrons. The third kappa shape index (κ3) is 1.85. The van der Waals surface area contributed by atoms with E-state index >= 15 is 0 Å². The Kier molecular flexibility index (Phi) is 2.41. The van der Waals surface area contributed by atoms with Crippen molar-refractivity contribution in [3.8, 4) is 0 Å². The van der Waals surface area contributed by atoms with E-state index in [1.165, 1.54) is 0 Å². The first kappa shape index (κ1) is 10.1. The van der Waals surface area contributed by atoms with E-state index in [0.29, 0.717) is 17.7 Å². The summed E-state index contributed by atoms with van der Waals surface area (Å²) in [5.41, 5.74) is 1.13. The Labute approximate surface area is 91.2 Å². The summed E-state index contributed by atoms with van der Waals surface area (Å²) in [7, 11) is -3.04. The van der Waals surface area contributed by atoms with Crippen LogP contribution in [0.1, 0.15) is 11.3 Å². The van der Waals surface area contributed by atoms with E-state index in [2.05, 4.69) is 9.97 Å². The van der Waals surface area contributed by atoms with Gasteiger partial charge in [0.05, 0.1) is 17.2 Å². The highest BCUT2D eigenvalue weighted by Crippen LogP contribution is 2.25. The van der Waals surface area contributed by atoms with Crippen molar-refractivity contribution >= 4 is 33.0 Å². The van der Waals surface area contributed by atoms with Gasteiger partial charge in [-0.05, 0) is 18.0 Å². The number of halogens is 2. The fraction of sp³-hybridized carbons (Fsp3) is 0.429. The number of hydrogen-bond donors (Lipinski definition) is 0. The van der Waals surface area contributed by atoms with Crippen LogP contribution in [0.2, 0.25) is 10.4 Å². The Hall–Kier alpha value is -0.390. The summed E-state index contributed by atoms with van der Waals surface area (Å²) in [6, 6.07) is 0. The van der Waals surface area contributed by atoms with Gasteiger partial charge in [0.1, 0.15) is 5.15 Å². The maximum Gasteiger partial charge on any atom is 0.224 e. The second kappa shape index (κ2) is 3.32. The molecule has 2 heterocycles. The molecule has 1 aromatic rings. The SMILES string of the molecule is O=S1(=O)CCc2c(Cl)nc(Cl)nc2C1. The lowest BCUT2D eigenvalue weighted by atomic mass is 10.2.